The highest BCUT2D eigenvalue weighted by Gasteiger charge is 2.25. The number of hydrogen-bond acceptors (Lipinski definition) is 3. The average Bonchev–Trinajstić information content (AvgIpc) is 3.03. The second kappa shape index (κ2) is 8.46. The van der Waals surface area contributed by atoms with E-state index in [2.05, 4.69) is 43.2 Å². The molecule has 1 atom stereocenters. The van der Waals surface area contributed by atoms with E-state index in [4.69, 9.17) is 11.6 Å². The molecule has 0 spiro atoms. The van der Waals surface area contributed by atoms with Crippen LogP contribution in [0.5, 0.6) is 0 Å². The van der Waals surface area contributed by atoms with Crippen molar-refractivity contribution in [1.29, 1.82) is 0 Å². The summed E-state index contributed by atoms with van der Waals surface area (Å²) in [5.74, 6) is -0.148. The number of aryl methyl sites for hydroxylation is 3. The van der Waals surface area contributed by atoms with Gasteiger partial charge < -0.3 is 5.32 Å². The Kier molecular flexibility index (Phi) is 6.21. The molecule has 0 aliphatic carbocycles. The molecule has 3 nitrogen and oxygen atoms in total. The lowest BCUT2D eigenvalue weighted by atomic mass is 9.88. The van der Waals surface area contributed by atoms with Crippen LogP contribution in [0, 0.1) is 26.7 Å². The smallest absolute Gasteiger partial charge is 0.233 e. The first-order chi connectivity index (χ1) is 13.3. The Bertz CT molecular complexity index is 969. The summed E-state index contributed by atoms with van der Waals surface area (Å²) in [6.07, 6.45) is 0. The first-order valence-corrected chi connectivity index (χ1v) is 10.6. The van der Waals surface area contributed by atoms with Crippen LogP contribution in [0.2, 0.25) is 5.02 Å². The molecule has 28 heavy (non-hydrogen) atoms. The lowest BCUT2D eigenvalue weighted by Gasteiger charge is -2.20. The van der Waals surface area contributed by atoms with Gasteiger partial charge in [0.1, 0.15) is 0 Å². The molecular formula is C23H25ClN2OS. The zero-order valence-electron chi connectivity index (χ0n) is 16.8. The van der Waals surface area contributed by atoms with Gasteiger partial charge in [0.15, 0.2) is 5.13 Å². The van der Waals surface area contributed by atoms with E-state index in [0.29, 0.717) is 10.2 Å². The molecule has 5 heteroatoms. The van der Waals surface area contributed by atoms with Gasteiger partial charge in [-0.1, -0.05) is 55.3 Å². The van der Waals surface area contributed by atoms with Crippen molar-refractivity contribution in [3.05, 3.63) is 69.1 Å². The molecule has 1 amide bonds. The number of halogens is 1. The molecule has 0 radical (unpaired) electrons. The molecule has 0 fully saturated rings. The lowest BCUT2D eigenvalue weighted by molar-refractivity contribution is -0.118. The molecule has 3 rings (SSSR count). The van der Waals surface area contributed by atoms with E-state index in [1.54, 1.807) is 0 Å². The summed E-state index contributed by atoms with van der Waals surface area (Å²) in [5.41, 5.74) is 6.64. The van der Waals surface area contributed by atoms with Crippen molar-refractivity contribution in [2.75, 3.05) is 5.32 Å². The number of amides is 1. The minimum Gasteiger partial charge on any atom is -0.301 e. The standard InChI is InChI=1S/C23H25ClN2OS/c1-13(2)20(17-6-8-18(24)9-7-17)22(27)26-23-25-19(12-28-23)21-15(4)10-14(3)11-16(21)5/h6-13,20H,1-5H3,(H,25,26,27)/t20-/m0/s1. The molecule has 1 N–H and O–H groups in total. The fourth-order valence-electron chi connectivity index (χ4n) is 3.72. The van der Waals surface area contributed by atoms with E-state index >= 15 is 0 Å². The zero-order valence-corrected chi connectivity index (χ0v) is 18.4. The summed E-state index contributed by atoms with van der Waals surface area (Å²) in [7, 11) is 0. The van der Waals surface area contributed by atoms with Crippen molar-refractivity contribution in [2.45, 2.75) is 40.5 Å². The number of thiazole rings is 1. The van der Waals surface area contributed by atoms with Crippen molar-refractivity contribution >= 4 is 34.0 Å². The van der Waals surface area contributed by atoms with E-state index in [1.165, 1.54) is 28.0 Å². The molecule has 146 valence electrons. The number of benzene rings is 2. The van der Waals surface area contributed by atoms with Gasteiger partial charge >= 0.3 is 0 Å². The number of rotatable bonds is 5. The molecule has 1 heterocycles. The van der Waals surface area contributed by atoms with Crippen LogP contribution in [0.25, 0.3) is 11.3 Å². The molecule has 2 aromatic carbocycles. The van der Waals surface area contributed by atoms with Gasteiger partial charge in [-0.15, -0.1) is 11.3 Å². The number of aromatic nitrogens is 1. The quantitative estimate of drug-likeness (QED) is 0.502. The third kappa shape index (κ3) is 4.45. The second-order valence-corrected chi connectivity index (χ2v) is 8.87. The minimum atomic E-state index is -0.257. The highest BCUT2D eigenvalue weighted by molar-refractivity contribution is 7.14. The Morgan fingerprint density at radius 1 is 1.07 bits per heavy atom. The van der Waals surface area contributed by atoms with Gasteiger partial charge in [0, 0.05) is 16.0 Å². The monoisotopic (exact) mass is 412 g/mol. The number of anilines is 1. The van der Waals surface area contributed by atoms with E-state index in [-0.39, 0.29) is 17.7 Å². The van der Waals surface area contributed by atoms with Crippen LogP contribution in [0.15, 0.2) is 41.8 Å². The summed E-state index contributed by atoms with van der Waals surface area (Å²) in [6, 6.07) is 11.8. The van der Waals surface area contributed by atoms with Gasteiger partial charge in [-0.3, -0.25) is 4.79 Å². The first-order valence-electron chi connectivity index (χ1n) is 9.36. The summed E-state index contributed by atoms with van der Waals surface area (Å²) < 4.78 is 0. The number of nitrogens with zero attached hydrogens (tertiary/aromatic N) is 1. The van der Waals surface area contributed by atoms with Gasteiger partial charge in [0.25, 0.3) is 0 Å². The van der Waals surface area contributed by atoms with Gasteiger partial charge in [-0.05, 0) is 55.5 Å². The van der Waals surface area contributed by atoms with Crippen LogP contribution >= 0.6 is 22.9 Å². The van der Waals surface area contributed by atoms with E-state index in [0.717, 1.165) is 16.8 Å². The van der Waals surface area contributed by atoms with Crippen LogP contribution in [0.1, 0.15) is 42.0 Å². The molecule has 0 bridgehead atoms. The molecule has 3 aromatic rings. The van der Waals surface area contributed by atoms with Gasteiger partial charge in [0.2, 0.25) is 5.91 Å². The second-order valence-electron chi connectivity index (χ2n) is 7.57. The fourth-order valence-corrected chi connectivity index (χ4v) is 4.55. The Hall–Kier alpha value is -2.17. The van der Waals surface area contributed by atoms with Crippen LogP contribution in [0.4, 0.5) is 5.13 Å². The lowest BCUT2D eigenvalue weighted by Crippen LogP contribution is -2.25. The van der Waals surface area contributed by atoms with Gasteiger partial charge in [-0.25, -0.2) is 4.98 Å². The predicted octanol–water partition coefficient (Wildman–Crippen LogP) is 6.77. The van der Waals surface area contributed by atoms with Crippen molar-refractivity contribution in [1.82, 2.24) is 4.98 Å². The first kappa shape index (κ1) is 20.6. The maximum atomic E-state index is 13.0. The Labute approximate surface area is 175 Å². The van der Waals surface area contributed by atoms with E-state index in [1.807, 2.05) is 43.5 Å². The molecule has 0 aliphatic heterocycles. The third-order valence-corrected chi connectivity index (χ3v) is 5.86. The SMILES string of the molecule is Cc1cc(C)c(-c2csc(NC(=O)[C@H](c3ccc(Cl)cc3)C(C)C)n2)c(C)c1. The molecule has 0 saturated heterocycles. The zero-order chi connectivity index (χ0) is 20.4. The van der Waals surface area contributed by atoms with Crippen molar-refractivity contribution in [3.8, 4) is 11.3 Å². The number of carbonyl (C=O) groups is 1. The summed E-state index contributed by atoms with van der Waals surface area (Å²) >= 11 is 7.45. The topological polar surface area (TPSA) is 42.0 Å². The number of nitrogens with one attached hydrogen (secondary N) is 1. The van der Waals surface area contributed by atoms with Crippen molar-refractivity contribution in [2.24, 2.45) is 5.92 Å². The largest absolute Gasteiger partial charge is 0.301 e. The maximum Gasteiger partial charge on any atom is 0.233 e. The van der Waals surface area contributed by atoms with Crippen molar-refractivity contribution < 1.29 is 4.79 Å². The molecular weight excluding hydrogens is 388 g/mol. The Balaban J connectivity index is 1.84. The Morgan fingerprint density at radius 3 is 2.25 bits per heavy atom. The summed E-state index contributed by atoms with van der Waals surface area (Å²) in [5, 5.41) is 6.31. The van der Waals surface area contributed by atoms with Gasteiger partial charge in [-0.2, -0.15) is 0 Å². The van der Waals surface area contributed by atoms with Crippen LogP contribution < -0.4 is 5.32 Å². The third-order valence-electron chi connectivity index (χ3n) is 4.85. The average molecular weight is 413 g/mol. The maximum absolute atomic E-state index is 13.0. The fraction of sp³-hybridized carbons (Fsp3) is 0.304. The molecule has 1 aromatic heterocycles. The number of carbonyl (C=O) groups excluding carboxylic acids is 1. The highest BCUT2D eigenvalue weighted by Crippen LogP contribution is 2.32. The van der Waals surface area contributed by atoms with E-state index in [9.17, 15) is 4.79 Å². The van der Waals surface area contributed by atoms with Crippen molar-refractivity contribution in [3.63, 3.8) is 0 Å². The van der Waals surface area contributed by atoms with Crippen LogP contribution in [-0.4, -0.2) is 10.9 Å². The molecule has 0 aliphatic rings. The van der Waals surface area contributed by atoms with Crippen LogP contribution in [-0.2, 0) is 4.79 Å². The predicted molar refractivity (Wildman–Crippen MR) is 119 cm³/mol. The summed E-state index contributed by atoms with van der Waals surface area (Å²) in [4.78, 5) is 17.7. The van der Waals surface area contributed by atoms with E-state index < -0.39 is 0 Å². The normalized spacial score (nSPS) is 12.2. The minimum absolute atomic E-state index is 0.0458. The highest BCUT2D eigenvalue weighted by atomic mass is 35.5. The molecule has 0 unspecified atom stereocenters. The summed E-state index contributed by atoms with van der Waals surface area (Å²) in [6.45, 7) is 10.4. The van der Waals surface area contributed by atoms with Crippen LogP contribution in [0.3, 0.4) is 0 Å². The number of hydrogen-bond donors (Lipinski definition) is 1. The Morgan fingerprint density at radius 2 is 1.68 bits per heavy atom. The molecule has 0 saturated carbocycles. The van der Waals surface area contributed by atoms with Gasteiger partial charge in [0.05, 0.1) is 11.6 Å².